The zero-order valence-electron chi connectivity index (χ0n) is 6.25. The number of halogens is 1. The predicted octanol–water partition coefficient (Wildman–Crippen LogP) is 1.58. The van der Waals surface area contributed by atoms with Crippen molar-refractivity contribution in [1.29, 1.82) is 0 Å². The second-order valence-corrected chi connectivity index (χ2v) is 4.01. The molecule has 1 heterocycles. The van der Waals surface area contributed by atoms with Crippen molar-refractivity contribution in [2.45, 2.75) is 23.1 Å². The molecule has 0 aliphatic carbocycles. The fraction of sp³-hybridized carbons (Fsp3) is 0.750. The summed E-state index contributed by atoms with van der Waals surface area (Å²) < 4.78 is 11.1. The summed E-state index contributed by atoms with van der Waals surface area (Å²) in [6.45, 7) is 1.15. The van der Waals surface area contributed by atoms with Crippen molar-refractivity contribution < 1.29 is 9.47 Å². The normalized spacial score (nSPS) is 31.3. The molecule has 2 nitrogen and oxygen atoms in total. The van der Waals surface area contributed by atoms with E-state index >= 15 is 0 Å². The lowest BCUT2D eigenvalue weighted by molar-refractivity contribution is -0.146. The highest BCUT2D eigenvalue weighted by Gasteiger charge is 2.23. The van der Waals surface area contributed by atoms with E-state index in [1.807, 2.05) is 0 Å². The third-order valence-electron chi connectivity index (χ3n) is 1.53. The van der Waals surface area contributed by atoms with Gasteiger partial charge in [0.15, 0.2) is 6.29 Å². The van der Waals surface area contributed by atoms with Gasteiger partial charge in [0, 0.05) is 6.61 Å². The number of rotatable bonds is 2. The summed E-state index contributed by atoms with van der Waals surface area (Å²) in [5.74, 6) is 2.43. The molecule has 0 bridgehead atoms. The van der Waals surface area contributed by atoms with Crippen molar-refractivity contribution in [1.82, 2.24) is 0 Å². The van der Waals surface area contributed by atoms with Gasteiger partial charge in [-0.05, 0) is 12.8 Å². The maximum atomic E-state index is 5.37. The quantitative estimate of drug-likeness (QED) is 0.429. The molecule has 0 aromatic carbocycles. The molecule has 0 spiro atoms. The molecule has 1 fully saturated rings. The van der Waals surface area contributed by atoms with Gasteiger partial charge < -0.3 is 9.47 Å². The lowest BCUT2D eigenvalue weighted by Crippen LogP contribution is -2.32. The summed E-state index contributed by atoms with van der Waals surface area (Å²) in [4.78, 5) is 0. The first-order valence-corrected chi connectivity index (χ1v) is 4.90. The number of terminal acetylenes is 1. The van der Waals surface area contributed by atoms with Gasteiger partial charge in [0.2, 0.25) is 0 Å². The summed E-state index contributed by atoms with van der Waals surface area (Å²) >= 11 is 2.34. The summed E-state index contributed by atoms with van der Waals surface area (Å²) in [5.41, 5.74) is 0. The molecular formula is C8H11IO2. The smallest absolute Gasteiger partial charge is 0.170 e. The van der Waals surface area contributed by atoms with Crippen molar-refractivity contribution in [2.75, 3.05) is 13.2 Å². The molecule has 3 heteroatoms. The molecule has 0 aromatic heterocycles. The van der Waals surface area contributed by atoms with Gasteiger partial charge in [-0.1, -0.05) is 28.5 Å². The van der Waals surface area contributed by atoms with E-state index in [0.717, 1.165) is 19.4 Å². The highest BCUT2D eigenvalue weighted by molar-refractivity contribution is 14.1. The SMILES string of the molecule is C#CCO[C@@H]1OCCC[C@H]1I. The Bertz CT molecular complexity index is 153. The molecule has 1 saturated heterocycles. The van der Waals surface area contributed by atoms with Crippen LogP contribution in [0.5, 0.6) is 0 Å². The molecule has 1 aliphatic heterocycles. The maximum absolute atomic E-state index is 5.37. The topological polar surface area (TPSA) is 18.5 Å². The predicted molar refractivity (Wildman–Crippen MR) is 51.6 cm³/mol. The van der Waals surface area contributed by atoms with Crippen molar-refractivity contribution in [3.8, 4) is 12.3 Å². The Hall–Kier alpha value is 0.210. The van der Waals surface area contributed by atoms with Crippen LogP contribution in [0.1, 0.15) is 12.8 Å². The van der Waals surface area contributed by atoms with E-state index in [1.165, 1.54) is 0 Å². The van der Waals surface area contributed by atoms with E-state index in [2.05, 4.69) is 28.5 Å². The first-order valence-electron chi connectivity index (χ1n) is 3.65. The summed E-state index contributed by atoms with van der Waals surface area (Å²) in [5, 5.41) is 0. The minimum Gasteiger partial charge on any atom is -0.351 e. The maximum Gasteiger partial charge on any atom is 0.170 e. The lowest BCUT2D eigenvalue weighted by atomic mass is 10.2. The molecular weight excluding hydrogens is 255 g/mol. The van der Waals surface area contributed by atoms with Crippen LogP contribution in [-0.2, 0) is 9.47 Å². The fourth-order valence-corrected chi connectivity index (χ4v) is 1.86. The molecule has 0 N–H and O–H groups in total. The molecule has 0 saturated carbocycles. The minimum absolute atomic E-state index is 0.0830. The van der Waals surface area contributed by atoms with Crippen molar-refractivity contribution >= 4 is 22.6 Å². The van der Waals surface area contributed by atoms with E-state index in [9.17, 15) is 0 Å². The number of hydrogen-bond donors (Lipinski definition) is 0. The monoisotopic (exact) mass is 266 g/mol. The van der Waals surface area contributed by atoms with Crippen LogP contribution < -0.4 is 0 Å². The number of ether oxygens (including phenoxy) is 2. The van der Waals surface area contributed by atoms with E-state index in [-0.39, 0.29) is 6.29 Å². The summed E-state index contributed by atoms with van der Waals surface area (Å²) in [6, 6.07) is 0. The molecule has 11 heavy (non-hydrogen) atoms. The van der Waals surface area contributed by atoms with Crippen LogP contribution in [0.3, 0.4) is 0 Å². The molecule has 0 unspecified atom stereocenters. The molecule has 0 amide bonds. The Morgan fingerprint density at radius 3 is 3.18 bits per heavy atom. The molecule has 0 aromatic rings. The first kappa shape index (κ1) is 9.30. The molecule has 0 radical (unpaired) electrons. The van der Waals surface area contributed by atoms with Gasteiger partial charge in [-0.15, -0.1) is 6.42 Å². The van der Waals surface area contributed by atoms with E-state index in [4.69, 9.17) is 15.9 Å². The zero-order chi connectivity index (χ0) is 8.10. The second-order valence-electron chi connectivity index (χ2n) is 2.41. The van der Waals surface area contributed by atoms with Gasteiger partial charge in [-0.2, -0.15) is 0 Å². The van der Waals surface area contributed by atoms with Crippen LogP contribution in [-0.4, -0.2) is 23.4 Å². The molecule has 62 valence electrons. The average Bonchev–Trinajstić information content (AvgIpc) is 2.03. The third-order valence-corrected chi connectivity index (χ3v) is 2.74. The Labute approximate surface area is 80.8 Å². The summed E-state index contributed by atoms with van der Waals surface area (Å²) in [6.07, 6.45) is 7.27. The fourth-order valence-electron chi connectivity index (χ4n) is 1.00. The highest BCUT2D eigenvalue weighted by Crippen LogP contribution is 2.22. The number of alkyl halides is 1. The summed E-state index contributed by atoms with van der Waals surface area (Å²) in [7, 11) is 0. The lowest BCUT2D eigenvalue weighted by Gasteiger charge is -2.26. The van der Waals surface area contributed by atoms with Crippen LogP contribution in [0, 0.1) is 12.3 Å². The average molecular weight is 266 g/mol. The van der Waals surface area contributed by atoms with Gasteiger partial charge in [0.25, 0.3) is 0 Å². The van der Waals surface area contributed by atoms with Crippen molar-refractivity contribution in [3.05, 3.63) is 0 Å². The van der Waals surface area contributed by atoms with Gasteiger partial charge in [0.05, 0.1) is 3.92 Å². The standard InChI is InChI=1S/C8H11IO2/c1-2-5-10-8-7(9)4-3-6-11-8/h1,7-8H,3-6H2/t7-,8-/m1/s1. The largest absolute Gasteiger partial charge is 0.351 e. The zero-order valence-corrected chi connectivity index (χ0v) is 8.41. The van der Waals surface area contributed by atoms with Crippen molar-refractivity contribution in [3.63, 3.8) is 0 Å². The van der Waals surface area contributed by atoms with Crippen LogP contribution in [0.15, 0.2) is 0 Å². The first-order chi connectivity index (χ1) is 5.34. The molecule has 1 rings (SSSR count). The van der Waals surface area contributed by atoms with Crippen LogP contribution in [0.2, 0.25) is 0 Å². The van der Waals surface area contributed by atoms with Gasteiger partial charge >= 0.3 is 0 Å². The highest BCUT2D eigenvalue weighted by atomic mass is 127. The molecule has 1 aliphatic rings. The van der Waals surface area contributed by atoms with E-state index in [1.54, 1.807) is 0 Å². The minimum atomic E-state index is -0.0830. The van der Waals surface area contributed by atoms with E-state index in [0.29, 0.717) is 10.5 Å². The van der Waals surface area contributed by atoms with Crippen LogP contribution in [0.4, 0.5) is 0 Å². The third kappa shape index (κ3) is 2.97. The Balaban J connectivity index is 2.25. The molecule has 2 atom stereocenters. The van der Waals surface area contributed by atoms with Crippen molar-refractivity contribution in [2.24, 2.45) is 0 Å². The van der Waals surface area contributed by atoms with Gasteiger partial charge in [-0.3, -0.25) is 0 Å². The van der Waals surface area contributed by atoms with Gasteiger partial charge in [-0.25, -0.2) is 0 Å². The Kier molecular flexibility index (Phi) is 4.20. The number of hydrogen-bond acceptors (Lipinski definition) is 2. The Morgan fingerprint density at radius 2 is 2.55 bits per heavy atom. The van der Waals surface area contributed by atoms with Crippen LogP contribution >= 0.6 is 22.6 Å². The van der Waals surface area contributed by atoms with Crippen LogP contribution in [0.25, 0.3) is 0 Å². The van der Waals surface area contributed by atoms with Gasteiger partial charge in [0.1, 0.15) is 6.61 Å². The second kappa shape index (κ2) is 4.96. The van der Waals surface area contributed by atoms with E-state index < -0.39 is 0 Å². The Morgan fingerprint density at radius 1 is 1.73 bits per heavy atom.